The highest BCUT2D eigenvalue weighted by Crippen LogP contribution is 2.15. The lowest BCUT2D eigenvalue weighted by molar-refractivity contribution is -0.127. The van der Waals surface area contributed by atoms with E-state index >= 15 is 0 Å². The van der Waals surface area contributed by atoms with Crippen molar-refractivity contribution in [2.24, 2.45) is 0 Å². The number of hydrogen-bond acceptors (Lipinski definition) is 6. The minimum atomic E-state index is 0.274. The Morgan fingerprint density at radius 1 is 1.33 bits per heavy atom. The average molecular weight is 326 g/mol. The molecule has 1 aliphatic heterocycles. The van der Waals surface area contributed by atoms with Crippen LogP contribution in [-0.2, 0) is 4.79 Å². The van der Waals surface area contributed by atoms with Crippen LogP contribution in [0, 0.1) is 6.92 Å². The average Bonchev–Trinajstić information content (AvgIpc) is 2.97. The number of carbonyl (C=O) groups is 1. The summed E-state index contributed by atoms with van der Waals surface area (Å²) in [4.78, 5) is 26.4. The summed E-state index contributed by atoms with van der Waals surface area (Å²) in [5.74, 6) is 1.60. The fraction of sp³-hybridized carbons (Fsp3) is 0.412. The van der Waals surface area contributed by atoms with Gasteiger partial charge in [0.2, 0.25) is 11.9 Å². The Hall–Kier alpha value is -2.70. The number of anilines is 3. The summed E-state index contributed by atoms with van der Waals surface area (Å²) in [7, 11) is 0. The van der Waals surface area contributed by atoms with Crippen molar-refractivity contribution in [3.05, 3.63) is 36.3 Å². The van der Waals surface area contributed by atoms with Crippen LogP contribution in [0.5, 0.6) is 0 Å². The maximum atomic E-state index is 11.6. The van der Waals surface area contributed by atoms with E-state index in [2.05, 4.69) is 25.6 Å². The fourth-order valence-electron chi connectivity index (χ4n) is 2.71. The monoisotopic (exact) mass is 326 g/mol. The Labute approximate surface area is 141 Å². The first-order chi connectivity index (χ1) is 11.7. The molecule has 7 nitrogen and oxygen atoms in total. The summed E-state index contributed by atoms with van der Waals surface area (Å²) in [6.07, 6.45) is 6.04. The van der Waals surface area contributed by atoms with E-state index in [4.69, 9.17) is 0 Å². The molecule has 126 valence electrons. The largest absolute Gasteiger partial charge is 0.370 e. The molecule has 0 saturated carbocycles. The van der Waals surface area contributed by atoms with Crippen LogP contribution in [0.4, 0.5) is 17.5 Å². The first kappa shape index (κ1) is 16.2. The van der Waals surface area contributed by atoms with E-state index < -0.39 is 0 Å². The molecule has 0 radical (unpaired) electrons. The molecule has 1 aliphatic rings. The lowest BCUT2D eigenvalue weighted by Crippen LogP contribution is -2.27. The zero-order valence-electron chi connectivity index (χ0n) is 13.8. The van der Waals surface area contributed by atoms with Crippen LogP contribution in [0.25, 0.3) is 0 Å². The van der Waals surface area contributed by atoms with Crippen molar-refractivity contribution in [2.45, 2.75) is 26.2 Å². The van der Waals surface area contributed by atoms with Gasteiger partial charge in [-0.1, -0.05) is 0 Å². The summed E-state index contributed by atoms with van der Waals surface area (Å²) < 4.78 is 0. The van der Waals surface area contributed by atoms with Gasteiger partial charge in [-0.3, -0.25) is 9.78 Å². The molecule has 0 spiro atoms. The van der Waals surface area contributed by atoms with Gasteiger partial charge < -0.3 is 15.5 Å². The third kappa shape index (κ3) is 4.41. The van der Waals surface area contributed by atoms with Gasteiger partial charge in [-0.05, 0) is 31.9 Å². The molecule has 3 rings (SSSR count). The molecule has 0 aromatic carbocycles. The van der Waals surface area contributed by atoms with Gasteiger partial charge in [-0.15, -0.1) is 0 Å². The van der Waals surface area contributed by atoms with Crippen LogP contribution in [0.2, 0.25) is 0 Å². The molecule has 2 aromatic heterocycles. The van der Waals surface area contributed by atoms with Gasteiger partial charge in [-0.2, -0.15) is 4.98 Å². The zero-order chi connectivity index (χ0) is 16.8. The molecule has 0 unspecified atom stereocenters. The summed E-state index contributed by atoms with van der Waals surface area (Å²) in [5, 5.41) is 6.45. The molecular formula is C17H22N6O. The third-order valence-corrected chi connectivity index (χ3v) is 3.85. The third-order valence-electron chi connectivity index (χ3n) is 3.85. The second kappa shape index (κ2) is 7.72. The Kier molecular flexibility index (Phi) is 5.20. The number of aromatic nitrogens is 3. The van der Waals surface area contributed by atoms with Crippen molar-refractivity contribution in [1.82, 2.24) is 19.9 Å². The number of pyridine rings is 1. The van der Waals surface area contributed by atoms with Gasteiger partial charge in [0.1, 0.15) is 5.82 Å². The van der Waals surface area contributed by atoms with Crippen molar-refractivity contribution >= 4 is 23.4 Å². The second-order valence-electron chi connectivity index (χ2n) is 5.85. The van der Waals surface area contributed by atoms with Crippen LogP contribution < -0.4 is 10.6 Å². The molecule has 2 aromatic rings. The molecule has 7 heteroatoms. The summed E-state index contributed by atoms with van der Waals surface area (Å²) >= 11 is 0. The van der Waals surface area contributed by atoms with E-state index in [1.54, 1.807) is 12.4 Å². The minimum Gasteiger partial charge on any atom is -0.370 e. The maximum Gasteiger partial charge on any atom is 0.229 e. The van der Waals surface area contributed by atoms with Crippen LogP contribution in [0.3, 0.4) is 0 Å². The molecule has 1 fully saturated rings. The standard InChI is InChI=1S/C17H22N6O/c1-13-11-15(19-8-4-10-23-9-3-6-16(23)24)22-17(20-13)21-14-5-2-7-18-12-14/h2,5,7,11-12H,3-4,6,8-10H2,1H3,(H2,19,20,21,22). The normalized spacial score (nSPS) is 14.0. The van der Waals surface area contributed by atoms with Crippen molar-refractivity contribution in [3.8, 4) is 0 Å². The number of amides is 1. The van der Waals surface area contributed by atoms with Crippen molar-refractivity contribution in [2.75, 3.05) is 30.3 Å². The van der Waals surface area contributed by atoms with Crippen LogP contribution in [0.1, 0.15) is 25.0 Å². The summed E-state index contributed by atoms with van der Waals surface area (Å²) in [6.45, 7) is 4.40. The molecule has 24 heavy (non-hydrogen) atoms. The van der Waals surface area contributed by atoms with Crippen LogP contribution in [0.15, 0.2) is 30.6 Å². The topological polar surface area (TPSA) is 83.0 Å². The maximum absolute atomic E-state index is 11.6. The predicted octanol–water partition coefficient (Wildman–Crippen LogP) is 2.35. The number of rotatable bonds is 7. The van der Waals surface area contributed by atoms with Gasteiger partial charge in [0.05, 0.1) is 11.9 Å². The molecular weight excluding hydrogens is 304 g/mol. The van der Waals surface area contributed by atoms with Gasteiger partial charge >= 0.3 is 0 Å². The Morgan fingerprint density at radius 2 is 2.25 bits per heavy atom. The number of nitrogens with one attached hydrogen (secondary N) is 2. The minimum absolute atomic E-state index is 0.274. The highest BCUT2D eigenvalue weighted by Gasteiger charge is 2.18. The lowest BCUT2D eigenvalue weighted by Gasteiger charge is -2.15. The highest BCUT2D eigenvalue weighted by molar-refractivity contribution is 5.78. The summed E-state index contributed by atoms with van der Waals surface area (Å²) in [6, 6.07) is 5.69. The predicted molar refractivity (Wildman–Crippen MR) is 93.2 cm³/mol. The lowest BCUT2D eigenvalue weighted by atomic mass is 10.3. The van der Waals surface area contributed by atoms with Crippen molar-refractivity contribution in [1.29, 1.82) is 0 Å². The Morgan fingerprint density at radius 3 is 3.00 bits per heavy atom. The first-order valence-electron chi connectivity index (χ1n) is 8.25. The number of hydrogen-bond donors (Lipinski definition) is 2. The number of aryl methyl sites for hydroxylation is 1. The van der Waals surface area contributed by atoms with Crippen molar-refractivity contribution < 1.29 is 4.79 Å². The van der Waals surface area contributed by atoms with E-state index in [-0.39, 0.29) is 5.91 Å². The van der Waals surface area contributed by atoms with E-state index in [0.29, 0.717) is 12.4 Å². The first-order valence-corrected chi connectivity index (χ1v) is 8.25. The Balaban J connectivity index is 1.52. The van der Waals surface area contributed by atoms with Gasteiger partial charge in [0.25, 0.3) is 0 Å². The second-order valence-corrected chi connectivity index (χ2v) is 5.85. The summed E-state index contributed by atoms with van der Waals surface area (Å²) in [5.41, 5.74) is 1.73. The van der Waals surface area contributed by atoms with E-state index in [1.807, 2.05) is 30.0 Å². The quantitative estimate of drug-likeness (QED) is 0.760. The van der Waals surface area contributed by atoms with Gasteiger partial charge in [-0.25, -0.2) is 4.98 Å². The zero-order valence-corrected chi connectivity index (χ0v) is 13.8. The fourth-order valence-corrected chi connectivity index (χ4v) is 2.71. The van der Waals surface area contributed by atoms with E-state index in [0.717, 1.165) is 49.7 Å². The number of carbonyl (C=O) groups excluding carboxylic acids is 1. The van der Waals surface area contributed by atoms with Gasteiger partial charge in [0, 0.05) is 44.0 Å². The molecule has 3 heterocycles. The molecule has 0 aliphatic carbocycles. The van der Waals surface area contributed by atoms with Gasteiger partial charge in [0.15, 0.2) is 0 Å². The number of nitrogens with zero attached hydrogens (tertiary/aromatic N) is 4. The number of likely N-dealkylation sites (tertiary alicyclic amines) is 1. The molecule has 0 atom stereocenters. The SMILES string of the molecule is Cc1cc(NCCCN2CCCC2=O)nc(Nc2cccnc2)n1. The van der Waals surface area contributed by atoms with Crippen LogP contribution >= 0.6 is 0 Å². The molecule has 2 N–H and O–H groups in total. The van der Waals surface area contributed by atoms with Crippen LogP contribution in [-0.4, -0.2) is 45.4 Å². The van der Waals surface area contributed by atoms with Crippen molar-refractivity contribution in [3.63, 3.8) is 0 Å². The van der Waals surface area contributed by atoms with E-state index in [1.165, 1.54) is 0 Å². The van der Waals surface area contributed by atoms with E-state index in [9.17, 15) is 4.79 Å². The highest BCUT2D eigenvalue weighted by atomic mass is 16.2. The molecule has 0 bridgehead atoms. The molecule has 1 amide bonds. The Bertz CT molecular complexity index is 691. The smallest absolute Gasteiger partial charge is 0.229 e. The molecule has 1 saturated heterocycles.